The lowest BCUT2D eigenvalue weighted by Gasteiger charge is -2.31. The number of aryl methyl sites for hydroxylation is 2. The van der Waals surface area contributed by atoms with Crippen LogP contribution in [0.25, 0.3) is 11.0 Å². The largest absolute Gasteiger partial charge is 0.464 e. The third kappa shape index (κ3) is 4.37. The number of carbonyl (C=O) groups excluding carboxylic acids is 1. The van der Waals surface area contributed by atoms with Gasteiger partial charge in [-0.2, -0.15) is 4.31 Å². The number of rotatable bonds is 5. The monoisotopic (exact) mass is 441 g/mol. The Balaban J connectivity index is 1.43. The number of nitrogens with zero attached hydrogens (tertiary/aromatic N) is 2. The molecule has 164 valence electrons. The minimum absolute atomic E-state index is 0.177. The Kier molecular flexibility index (Phi) is 5.88. The van der Waals surface area contributed by atoms with Gasteiger partial charge in [-0.1, -0.05) is 12.1 Å². The van der Waals surface area contributed by atoms with Crippen molar-refractivity contribution in [2.24, 2.45) is 0 Å². The van der Waals surface area contributed by atoms with Gasteiger partial charge in [0.2, 0.25) is 15.9 Å². The first-order chi connectivity index (χ1) is 14.8. The third-order valence-corrected chi connectivity index (χ3v) is 7.84. The fraction of sp³-hybridized carbons (Fsp3) is 0.348. The van der Waals surface area contributed by atoms with Crippen molar-refractivity contribution in [1.29, 1.82) is 0 Å². The van der Waals surface area contributed by atoms with Gasteiger partial charge in [-0.3, -0.25) is 4.79 Å². The van der Waals surface area contributed by atoms with E-state index in [0.29, 0.717) is 18.8 Å². The molecule has 1 aliphatic heterocycles. The number of carbonyl (C=O) groups is 1. The van der Waals surface area contributed by atoms with Crippen LogP contribution in [0.2, 0.25) is 0 Å². The highest BCUT2D eigenvalue weighted by molar-refractivity contribution is 7.89. The summed E-state index contributed by atoms with van der Waals surface area (Å²) in [7, 11) is -1.54. The van der Waals surface area contributed by atoms with Crippen molar-refractivity contribution >= 4 is 32.6 Å². The van der Waals surface area contributed by atoms with E-state index in [0.717, 1.165) is 40.7 Å². The summed E-state index contributed by atoms with van der Waals surface area (Å²) in [6.07, 6.45) is 1.80. The lowest BCUT2D eigenvalue weighted by atomic mass is 10.0. The molecule has 1 saturated heterocycles. The molecule has 0 radical (unpaired) electrons. The van der Waals surface area contributed by atoms with Gasteiger partial charge < -0.3 is 14.6 Å². The van der Waals surface area contributed by atoms with Crippen LogP contribution in [0.4, 0.5) is 5.69 Å². The van der Waals surface area contributed by atoms with E-state index in [2.05, 4.69) is 10.2 Å². The molecule has 0 aliphatic carbocycles. The summed E-state index contributed by atoms with van der Waals surface area (Å²) in [6, 6.07) is 10.3. The Morgan fingerprint density at radius 3 is 2.39 bits per heavy atom. The first-order valence-electron chi connectivity index (χ1n) is 10.3. The lowest BCUT2D eigenvalue weighted by Crippen LogP contribution is -2.46. The van der Waals surface area contributed by atoms with Gasteiger partial charge in [0, 0.05) is 42.8 Å². The number of likely N-dealkylation sites (N-methyl/N-ethyl adjacent to an activating group) is 1. The van der Waals surface area contributed by atoms with E-state index in [-0.39, 0.29) is 17.2 Å². The van der Waals surface area contributed by atoms with E-state index < -0.39 is 10.0 Å². The molecular formula is C23H27N3O4S. The second-order valence-corrected chi connectivity index (χ2v) is 10.0. The third-order valence-electron chi connectivity index (χ3n) is 5.93. The van der Waals surface area contributed by atoms with Gasteiger partial charge in [0.1, 0.15) is 5.58 Å². The van der Waals surface area contributed by atoms with Crippen LogP contribution in [0.1, 0.15) is 16.7 Å². The maximum Gasteiger partial charge on any atom is 0.243 e. The summed E-state index contributed by atoms with van der Waals surface area (Å²) in [4.78, 5) is 14.9. The minimum atomic E-state index is -3.52. The number of piperazine rings is 1. The molecule has 2 heterocycles. The summed E-state index contributed by atoms with van der Waals surface area (Å²) < 4.78 is 32.8. The van der Waals surface area contributed by atoms with Crippen molar-refractivity contribution in [3.8, 4) is 0 Å². The Bertz CT molecular complexity index is 1210. The van der Waals surface area contributed by atoms with Crippen molar-refractivity contribution in [1.82, 2.24) is 9.21 Å². The molecule has 3 aromatic rings. The molecule has 1 N–H and O–H groups in total. The number of hydrogen-bond donors (Lipinski definition) is 1. The highest BCUT2D eigenvalue weighted by Crippen LogP contribution is 2.27. The number of sulfonamides is 1. The summed E-state index contributed by atoms with van der Waals surface area (Å²) >= 11 is 0. The van der Waals surface area contributed by atoms with Gasteiger partial charge in [-0.25, -0.2) is 8.42 Å². The Morgan fingerprint density at radius 1 is 1.03 bits per heavy atom. The molecule has 0 unspecified atom stereocenters. The second-order valence-electron chi connectivity index (χ2n) is 8.10. The van der Waals surface area contributed by atoms with E-state index in [4.69, 9.17) is 4.42 Å². The van der Waals surface area contributed by atoms with Crippen molar-refractivity contribution < 1.29 is 17.6 Å². The zero-order valence-electron chi connectivity index (χ0n) is 18.0. The summed E-state index contributed by atoms with van der Waals surface area (Å²) in [5.41, 5.74) is 4.40. The molecule has 1 aromatic heterocycles. The Hall–Kier alpha value is -2.68. The Morgan fingerprint density at radius 2 is 1.71 bits per heavy atom. The minimum Gasteiger partial charge on any atom is -0.464 e. The fourth-order valence-electron chi connectivity index (χ4n) is 3.79. The van der Waals surface area contributed by atoms with Gasteiger partial charge in [-0.05, 0) is 56.3 Å². The predicted octanol–water partition coefficient (Wildman–Crippen LogP) is 3.17. The molecule has 1 amide bonds. The van der Waals surface area contributed by atoms with E-state index in [1.165, 1.54) is 4.31 Å². The molecule has 1 fully saturated rings. The first-order valence-corrected chi connectivity index (χ1v) is 11.7. The van der Waals surface area contributed by atoms with Crippen molar-refractivity contribution in [2.45, 2.75) is 25.2 Å². The van der Waals surface area contributed by atoms with Gasteiger partial charge in [0.05, 0.1) is 17.6 Å². The standard InChI is InChI=1S/C23H27N3O4S/c1-16-4-9-21-18(15-30-23(21)17(16)2)14-22(27)24-19-5-7-20(8-6-19)31(28,29)26-12-10-25(3)11-13-26/h4-9,15H,10-14H2,1-3H3,(H,24,27). The highest BCUT2D eigenvalue weighted by atomic mass is 32.2. The van der Waals surface area contributed by atoms with Crippen LogP contribution in [0.5, 0.6) is 0 Å². The van der Waals surface area contributed by atoms with E-state index >= 15 is 0 Å². The zero-order valence-corrected chi connectivity index (χ0v) is 18.8. The molecule has 0 saturated carbocycles. The molecular weight excluding hydrogens is 414 g/mol. The number of anilines is 1. The van der Waals surface area contributed by atoms with Crippen LogP contribution in [-0.2, 0) is 21.2 Å². The molecule has 0 bridgehead atoms. The van der Waals surface area contributed by atoms with Crippen molar-refractivity contribution in [3.63, 3.8) is 0 Å². The smallest absolute Gasteiger partial charge is 0.243 e. The van der Waals surface area contributed by atoms with E-state index in [1.54, 1.807) is 30.5 Å². The van der Waals surface area contributed by atoms with Gasteiger partial charge in [0.25, 0.3) is 0 Å². The van der Waals surface area contributed by atoms with Gasteiger partial charge in [-0.15, -0.1) is 0 Å². The van der Waals surface area contributed by atoms with Crippen LogP contribution in [0.3, 0.4) is 0 Å². The van der Waals surface area contributed by atoms with Crippen LogP contribution in [0.15, 0.2) is 52.0 Å². The predicted molar refractivity (Wildman–Crippen MR) is 121 cm³/mol. The van der Waals surface area contributed by atoms with Crippen LogP contribution in [0, 0.1) is 13.8 Å². The summed E-state index contributed by atoms with van der Waals surface area (Å²) in [5.74, 6) is -0.185. The van der Waals surface area contributed by atoms with Crippen molar-refractivity contribution in [2.75, 3.05) is 38.5 Å². The second kappa shape index (κ2) is 8.45. The maximum absolute atomic E-state index is 12.8. The number of furan rings is 1. The fourth-order valence-corrected chi connectivity index (χ4v) is 5.21. The van der Waals surface area contributed by atoms with Crippen LogP contribution in [-0.4, -0.2) is 56.8 Å². The molecule has 7 nitrogen and oxygen atoms in total. The normalized spacial score (nSPS) is 16.0. The number of amides is 1. The molecule has 8 heteroatoms. The van der Waals surface area contributed by atoms with E-state index in [1.807, 2.05) is 33.0 Å². The summed E-state index contributed by atoms with van der Waals surface area (Å²) in [5, 5.41) is 3.78. The topological polar surface area (TPSA) is 82.9 Å². The summed E-state index contributed by atoms with van der Waals surface area (Å²) in [6.45, 7) is 6.42. The average Bonchev–Trinajstić information content (AvgIpc) is 3.14. The quantitative estimate of drug-likeness (QED) is 0.658. The molecule has 0 spiro atoms. The van der Waals surface area contributed by atoms with E-state index in [9.17, 15) is 13.2 Å². The molecule has 31 heavy (non-hydrogen) atoms. The Labute approximate surface area is 182 Å². The molecule has 4 rings (SSSR count). The maximum atomic E-state index is 12.8. The number of fused-ring (bicyclic) bond motifs is 1. The molecule has 0 atom stereocenters. The average molecular weight is 442 g/mol. The van der Waals surface area contributed by atoms with Crippen LogP contribution < -0.4 is 5.32 Å². The highest BCUT2D eigenvalue weighted by Gasteiger charge is 2.27. The molecule has 1 aliphatic rings. The zero-order chi connectivity index (χ0) is 22.2. The molecule has 2 aromatic carbocycles. The lowest BCUT2D eigenvalue weighted by molar-refractivity contribution is -0.115. The van der Waals surface area contributed by atoms with Gasteiger partial charge in [0.15, 0.2) is 0 Å². The number of nitrogens with one attached hydrogen (secondary N) is 1. The number of benzene rings is 2. The van der Waals surface area contributed by atoms with Gasteiger partial charge >= 0.3 is 0 Å². The number of hydrogen-bond acceptors (Lipinski definition) is 5. The van der Waals surface area contributed by atoms with Crippen LogP contribution >= 0.6 is 0 Å². The van der Waals surface area contributed by atoms with Crippen molar-refractivity contribution in [3.05, 3.63) is 59.4 Å². The first kappa shape index (κ1) is 21.5. The SMILES string of the molecule is Cc1ccc2c(CC(=O)Nc3ccc(S(=O)(=O)N4CCN(C)CC4)cc3)coc2c1C.